The van der Waals surface area contributed by atoms with Crippen LogP contribution in [-0.4, -0.2) is 40.1 Å². The largest absolute Gasteiger partial charge is 0.392 e. The number of amides is 1. The van der Waals surface area contributed by atoms with E-state index in [-0.39, 0.29) is 17.4 Å². The highest BCUT2D eigenvalue weighted by atomic mass is 16.3. The van der Waals surface area contributed by atoms with Gasteiger partial charge in [-0.25, -0.2) is 0 Å². The molecule has 1 spiro atoms. The number of aliphatic hydroxyl groups is 1. The number of hydrogen-bond acceptors (Lipinski definition) is 3. The van der Waals surface area contributed by atoms with Crippen LogP contribution in [0.4, 0.5) is 0 Å². The maximum absolute atomic E-state index is 12.4. The molecule has 2 fully saturated rings. The van der Waals surface area contributed by atoms with Crippen molar-refractivity contribution in [2.24, 2.45) is 5.41 Å². The van der Waals surface area contributed by atoms with Crippen LogP contribution in [0.25, 0.3) is 0 Å². The van der Waals surface area contributed by atoms with Crippen molar-refractivity contribution >= 4 is 5.91 Å². The van der Waals surface area contributed by atoms with Crippen LogP contribution in [0.15, 0.2) is 24.5 Å². The van der Waals surface area contributed by atoms with Gasteiger partial charge < -0.3 is 10.0 Å². The van der Waals surface area contributed by atoms with Gasteiger partial charge in [0.25, 0.3) is 0 Å². The summed E-state index contributed by atoms with van der Waals surface area (Å²) >= 11 is 0. The Balaban J connectivity index is 1.66. The molecule has 1 N–H and O–H groups in total. The highest BCUT2D eigenvalue weighted by molar-refractivity contribution is 5.78. The van der Waals surface area contributed by atoms with Crippen LogP contribution in [0, 0.1) is 5.41 Å². The molecular formula is C16H22N2O2. The summed E-state index contributed by atoms with van der Waals surface area (Å²) < 4.78 is 0. The van der Waals surface area contributed by atoms with Crippen molar-refractivity contribution in [3.05, 3.63) is 30.1 Å². The van der Waals surface area contributed by atoms with Crippen LogP contribution >= 0.6 is 0 Å². The first kappa shape index (κ1) is 13.6. The van der Waals surface area contributed by atoms with E-state index in [1.165, 1.54) is 0 Å². The number of aromatic nitrogens is 1. The fraction of sp³-hybridized carbons (Fsp3) is 0.625. The zero-order valence-corrected chi connectivity index (χ0v) is 11.8. The second-order valence-electron chi connectivity index (χ2n) is 6.23. The van der Waals surface area contributed by atoms with Crippen LogP contribution in [-0.2, 0) is 11.2 Å². The van der Waals surface area contributed by atoms with Gasteiger partial charge in [0.1, 0.15) is 0 Å². The Hall–Kier alpha value is -1.42. The summed E-state index contributed by atoms with van der Waals surface area (Å²) in [6, 6.07) is 3.80. The van der Waals surface area contributed by atoms with Crippen LogP contribution in [0.2, 0.25) is 0 Å². The molecule has 108 valence electrons. The summed E-state index contributed by atoms with van der Waals surface area (Å²) in [6.45, 7) is 1.56. The quantitative estimate of drug-likeness (QED) is 0.894. The lowest BCUT2D eigenvalue weighted by molar-refractivity contribution is -0.135. The van der Waals surface area contributed by atoms with Gasteiger partial charge in [0.05, 0.1) is 12.5 Å². The number of rotatable bonds is 2. The van der Waals surface area contributed by atoms with E-state index in [1.54, 1.807) is 12.4 Å². The Labute approximate surface area is 119 Å². The van der Waals surface area contributed by atoms with Gasteiger partial charge in [0.15, 0.2) is 0 Å². The normalized spacial score (nSPS) is 29.9. The maximum Gasteiger partial charge on any atom is 0.227 e. The summed E-state index contributed by atoms with van der Waals surface area (Å²) in [6.07, 6.45) is 8.78. The number of aliphatic hydroxyl groups excluding tert-OH is 1. The molecule has 2 aliphatic rings. The molecule has 0 unspecified atom stereocenters. The molecule has 1 amide bonds. The van der Waals surface area contributed by atoms with Gasteiger partial charge in [-0.3, -0.25) is 9.78 Å². The van der Waals surface area contributed by atoms with E-state index in [2.05, 4.69) is 4.98 Å². The molecule has 1 saturated carbocycles. The molecule has 1 saturated heterocycles. The summed E-state index contributed by atoms with van der Waals surface area (Å²) in [5.74, 6) is 0.163. The lowest BCUT2D eigenvalue weighted by Crippen LogP contribution is -2.49. The number of carbonyl (C=O) groups excluding carboxylic acids is 1. The van der Waals surface area contributed by atoms with Crippen molar-refractivity contribution < 1.29 is 9.90 Å². The van der Waals surface area contributed by atoms with Gasteiger partial charge in [-0.2, -0.15) is 0 Å². The lowest BCUT2D eigenvalue weighted by atomic mass is 9.76. The third-order valence-corrected chi connectivity index (χ3v) is 4.90. The van der Waals surface area contributed by atoms with Gasteiger partial charge in [-0.15, -0.1) is 0 Å². The van der Waals surface area contributed by atoms with Gasteiger partial charge >= 0.3 is 0 Å². The molecule has 2 atom stereocenters. The smallest absolute Gasteiger partial charge is 0.227 e. The Morgan fingerprint density at radius 2 is 2.30 bits per heavy atom. The van der Waals surface area contributed by atoms with Crippen molar-refractivity contribution in [3.8, 4) is 0 Å². The monoisotopic (exact) mass is 274 g/mol. The standard InChI is InChI=1S/C16H22N2O2/c19-14-5-1-6-16(14)7-3-9-18(12-16)15(20)10-13-4-2-8-17-11-13/h2,4,8,11,14,19H,1,3,5-7,9-10,12H2/t14-,16+/m1/s1. The van der Waals surface area contributed by atoms with E-state index < -0.39 is 0 Å². The maximum atomic E-state index is 12.4. The van der Waals surface area contributed by atoms with Gasteiger partial charge in [-0.05, 0) is 37.3 Å². The fourth-order valence-corrected chi connectivity index (χ4v) is 3.76. The average Bonchev–Trinajstić information content (AvgIpc) is 2.81. The third kappa shape index (κ3) is 2.57. The number of pyridine rings is 1. The van der Waals surface area contributed by atoms with Crippen molar-refractivity contribution in [1.82, 2.24) is 9.88 Å². The molecule has 1 aliphatic heterocycles. The molecule has 1 aromatic rings. The van der Waals surface area contributed by atoms with E-state index in [0.29, 0.717) is 6.42 Å². The Bertz CT molecular complexity index is 477. The summed E-state index contributed by atoms with van der Waals surface area (Å²) in [4.78, 5) is 18.4. The molecule has 0 bridgehead atoms. The number of hydrogen-bond donors (Lipinski definition) is 1. The van der Waals surface area contributed by atoms with E-state index in [9.17, 15) is 9.90 Å². The van der Waals surface area contributed by atoms with Crippen molar-refractivity contribution in [1.29, 1.82) is 0 Å². The van der Waals surface area contributed by atoms with Crippen molar-refractivity contribution in [2.45, 2.75) is 44.6 Å². The van der Waals surface area contributed by atoms with Gasteiger partial charge in [0.2, 0.25) is 5.91 Å². The molecule has 20 heavy (non-hydrogen) atoms. The second kappa shape index (κ2) is 5.52. The molecule has 4 heteroatoms. The zero-order chi connectivity index (χ0) is 14.0. The molecule has 1 aliphatic carbocycles. The topological polar surface area (TPSA) is 53.4 Å². The van der Waals surface area contributed by atoms with Crippen LogP contribution in [0.5, 0.6) is 0 Å². The average molecular weight is 274 g/mol. The first-order valence-electron chi connectivity index (χ1n) is 7.54. The lowest BCUT2D eigenvalue weighted by Gasteiger charge is -2.42. The van der Waals surface area contributed by atoms with Crippen LogP contribution in [0.1, 0.15) is 37.7 Å². The molecule has 0 radical (unpaired) electrons. The minimum atomic E-state index is -0.225. The number of nitrogens with zero attached hydrogens (tertiary/aromatic N) is 2. The predicted molar refractivity (Wildman–Crippen MR) is 76.0 cm³/mol. The predicted octanol–water partition coefficient (Wildman–Crippen LogP) is 1.78. The second-order valence-corrected chi connectivity index (χ2v) is 6.23. The molecular weight excluding hydrogens is 252 g/mol. The number of piperidine rings is 1. The van der Waals surface area contributed by atoms with E-state index in [4.69, 9.17) is 0 Å². The Morgan fingerprint density at radius 1 is 1.45 bits per heavy atom. The van der Waals surface area contributed by atoms with Crippen molar-refractivity contribution in [3.63, 3.8) is 0 Å². The molecule has 2 heterocycles. The highest BCUT2D eigenvalue weighted by Gasteiger charge is 2.45. The van der Waals surface area contributed by atoms with Gasteiger partial charge in [-0.1, -0.05) is 12.5 Å². The molecule has 1 aromatic heterocycles. The fourth-order valence-electron chi connectivity index (χ4n) is 3.76. The highest BCUT2D eigenvalue weighted by Crippen LogP contribution is 2.45. The molecule has 3 rings (SSSR count). The van der Waals surface area contributed by atoms with Crippen molar-refractivity contribution in [2.75, 3.05) is 13.1 Å². The first-order valence-corrected chi connectivity index (χ1v) is 7.54. The summed E-state index contributed by atoms with van der Waals surface area (Å²) in [5.41, 5.74) is 0.937. The van der Waals surface area contributed by atoms with Gasteiger partial charge in [0, 0.05) is 30.9 Å². The number of likely N-dealkylation sites (tertiary alicyclic amines) is 1. The Kier molecular flexibility index (Phi) is 3.74. The Morgan fingerprint density at radius 3 is 3.00 bits per heavy atom. The SMILES string of the molecule is O=C(Cc1cccnc1)N1CCC[C@@]2(CCC[C@H]2O)C1. The molecule has 4 nitrogen and oxygen atoms in total. The minimum Gasteiger partial charge on any atom is -0.392 e. The third-order valence-electron chi connectivity index (χ3n) is 4.90. The van der Waals surface area contributed by atoms with E-state index in [1.807, 2.05) is 17.0 Å². The van der Waals surface area contributed by atoms with Crippen LogP contribution in [0.3, 0.4) is 0 Å². The minimum absolute atomic E-state index is 0.0250. The van der Waals surface area contributed by atoms with E-state index in [0.717, 1.165) is 50.8 Å². The van der Waals surface area contributed by atoms with Crippen LogP contribution < -0.4 is 0 Å². The molecule has 0 aromatic carbocycles. The number of carbonyl (C=O) groups is 1. The first-order chi connectivity index (χ1) is 9.70. The zero-order valence-electron chi connectivity index (χ0n) is 11.8. The summed E-state index contributed by atoms with van der Waals surface area (Å²) in [7, 11) is 0. The summed E-state index contributed by atoms with van der Waals surface area (Å²) in [5, 5.41) is 10.2. The van der Waals surface area contributed by atoms with E-state index >= 15 is 0 Å².